The Labute approximate surface area is 121 Å². The average Bonchev–Trinajstić information content (AvgIpc) is 3.04. The van der Waals surface area contributed by atoms with Gasteiger partial charge in [0.2, 0.25) is 0 Å². The van der Waals surface area contributed by atoms with Crippen molar-refractivity contribution in [2.24, 2.45) is 0 Å². The first kappa shape index (κ1) is 13.0. The number of hydrogen-bond acceptors (Lipinski definition) is 5. The molecule has 106 valence electrons. The molecule has 0 amide bonds. The lowest BCUT2D eigenvalue weighted by atomic mass is 10.2. The molecule has 6 heteroatoms. The fourth-order valence-corrected chi connectivity index (χ4v) is 1.99. The fraction of sp³-hybridized carbons (Fsp3) is 0.0667. The van der Waals surface area contributed by atoms with Crippen LogP contribution in [0.5, 0.6) is 11.5 Å². The van der Waals surface area contributed by atoms with Gasteiger partial charge in [-0.05, 0) is 30.3 Å². The van der Waals surface area contributed by atoms with Gasteiger partial charge in [-0.3, -0.25) is 0 Å². The van der Waals surface area contributed by atoms with Crippen molar-refractivity contribution < 1.29 is 10.2 Å². The number of phenolic OH excluding ortho intramolecular Hbond substituents is 2. The molecule has 0 aliphatic heterocycles. The second kappa shape index (κ2) is 5.54. The lowest BCUT2D eigenvalue weighted by Crippen LogP contribution is -2.00. The molecule has 0 saturated carbocycles. The minimum atomic E-state index is -0.115. The summed E-state index contributed by atoms with van der Waals surface area (Å²) < 4.78 is 1.67. The van der Waals surface area contributed by atoms with Crippen molar-refractivity contribution in [1.29, 1.82) is 0 Å². The molecule has 0 aliphatic rings. The Morgan fingerprint density at radius 2 is 1.86 bits per heavy atom. The Morgan fingerprint density at radius 3 is 2.57 bits per heavy atom. The second-order valence-electron chi connectivity index (χ2n) is 4.53. The highest BCUT2D eigenvalue weighted by Gasteiger charge is 2.05. The third-order valence-electron chi connectivity index (χ3n) is 3.13. The van der Waals surface area contributed by atoms with E-state index in [0.29, 0.717) is 12.1 Å². The van der Waals surface area contributed by atoms with Gasteiger partial charge in [0, 0.05) is 17.8 Å². The molecule has 0 aliphatic carbocycles. The van der Waals surface area contributed by atoms with Gasteiger partial charge in [0.05, 0.1) is 5.69 Å². The number of aromatic hydroxyl groups is 2. The van der Waals surface area contributed by atoms with Crippen molar-refractivity contribution >= 4 is 5.69 Å². The Balaban J connectivity index is 1.70. The van der Waals surface area contributed by atoms with Crippen LogP contribution in [0.15, 0.2) is 55.1 Å². The number of rotatable bonds is 4. The van der Waals surface area contributed by atoms with E-state index in [1.807, 2.05) is 24.3 Å². The van der Waals surface area contributed by atoms with Crippen LogP contribution in [0.2, 0.25) is 0 Å². The van der Waals surface area contributed by atoms with Crippen LogP contribution in [0.3, 0.4) is 0 Å². The third kappa shape index (κ3) is 2.79. The van der Waals surface area contributed by atoms with Gasteiger partial charge < -0.3 is 15.5 Å². The van der Waals surface area contributed by atoms with E-state index < -0.39 is 0 Å². The molecule has 6 nitrogen and oxygen atoms in total. The molecule has 3 aromatic rings. The summed E-state index contributed by atoms with van der Waals surface area (Å²) in [6.45, 7) is 0.420. The van der Waals surface area contributed by atoms with Gasteiger partial charge in [0.15, 0.2) is 11.5 Å². The smallest absolute Gasteiger partial charge is 0.162 e. The molecule has 3 N–H and O–H groups in total. The molecular formula is C15H14N4O2. The first-order valence-corrected chi connectivity index (χ1v) is 6.43. The SMILES string of the molecule is Oc1cccc(CNc2ccc(-n3cncn3)cc2)c1O. The maximum atomic E-state index is 9.74. The van der Waals surface area contributed by atoms with Crippen molar-refractivity contribution in [1.82, 2.24) is 14.8 Å². The lowest BCUT2D eigenvalue weighted by Gasteiger charge is -2.09. The summed E-state index contributed by atoms with van der Waals surface area (Å²) in [4.78, 5) is 3.90. The Kier molecular flexibility index (Phi) is 3.42. The first-order chi connectivity index (χ1) is 10.2. The number of benzene rings is 2. The summed E-state index contributed by atoms with van der Waals surface area (Å²) >= 11 is 0. The Bertz CT molecular complexity index is 724. The van der Waals surface area contributed by atoms with E-state index in [-0.39, 0.29) is 11.5 Å². The Morgan fingerprint density at radius 1 is 1.05 bits per heavy atom. The molecule has 2 aromatic carbocycles. The standard InChI is InChI=1S/C15H14N4O2/c20-14-3-1-2-11(15(14)21)8-17-12-4-6-13(7-5-12)19-10-16-9-18-19/h1-7,9-10,17,20-21H,8H2. The maximum absolute atomic E-state index is 9.74. The van der Waals surface area contributed by atoms with Gasteiger partial charge in [-0.25, -0.2) is 9.67 Å². The summed E-state index contributed by atoms with van der Waals surface area (Å²) in [6, 6.07) is 12.6. The third-order valence-corrected chi connectivity index (χ3v) is 3.13. The van der Waals surface area contributed by atoms with Crippen LogP contribution in [0, 0.1) is 0 Å². The monoisotopic (exact) mass is 282 g/mol. The van der Waals surface area contributed by atoms with Crippen molar-refractivity contribution in [2.75, 3.05) is 5.32 Å². The molecule has 0 saturated heterocycles. The molecule has 1 heterocycles. The van der Waals surface area contributed by atoms with Crippen LogP contribution < -0.4 is 5.32 Å². The van der Waals surface area contributed by atoms with Gasteiger partial charge in [-0.15, -0.1) is 0 Å². The van der Waals surface area contributed by atoms with E-state index in [1.54, 1.807) is 23.1 Å². The van der Waals surface area contributed by atoms with Crippen molar-refractivity contribution in [2.45, 2.75) is 6.54 Å². The number of aromatic nitrogens is 3. The summed E-state index contributed by atoms with van der Waals surface area (Å²) in [5, 5.41) is 26.4. The van der Waals surface area contributed by atoms with Gasteiger partial charge in [-0.2, -0.15) is 5.10 Å². The summed E-state index contributed by atoms with van der Waals surface area (Å²) in [6.07, 6.45) is 3.12. The van der Waals surface area contributed by atoms with Crippen LogP contribution in [0.4, 0.5) is 5.69 Å². The van der Waals surface area contributed by atoms with Crippen molar-refractivity contribution in [3.05, 3.63) is 60.7 Å². The predicted octanol–water partition coefficient (Wildman–Crippen LogP) is 2.29. The number of phenols is 2. The number of nitrogens with one attached hydrogen (secondary N) is 1. The van der Waals surface area contributed by atoms with E-state index in [9.17, 15) is 10.2 Å². The van der Waals surface area contributed by atoms with E-state index in [1.165, 1.54) is 12.4 Å². The molecule has 0 bridgehead atoms. The number of para-hydroxylation sites is 1. The van der Waals surface area contributed by atoms with E-state index >= 15 is 0 Å². The van der Waals surface area contributed by atoms with Crippen LogP contribution in [-0.4, -0.2) is 25.0 Å². The molecule has 0 spiro atoms. The first-order valence-electron chi connectivity index (χ1n) is 6.43. The zero-order valence-corrected chi connectivity index (χ0v) is 11.1. The van der Waals surface area contributed by atoms with Crippen LogP contribution in [-0.2, 0) is 6.54 Å². The topological polar surface area (TPSA) is 83.2 Å². The molecule has 0 radical (unpaired) electrons. The molecule has 0 unspecified atom stereocenters. The zero-order chi connectivity index (χ0) is 14.7. The molecule has 0 fully saturated rings. The summed E-state index contributed by atoms with van der Waals surface area (Å²) in [5.41, 5.74) is 2.45. The van der Waals surface area contributed by atoms with Crippen LogP contribution in [0.1, 0.15) is 5.56 Å². The van der Waals surface area contributed by atoms with Crippen molar-refractivity contribution in [3.8, 4) is 17.2 Å². The van der Waals surface area contributed by atoms with E-state index in [2.05, 4.69) is 15.4 Å². The molecule has 1 aromatic heterocycles. The van der Waals surface area contributed by atoms with E-state index in [4.69, 9.17) is 0 Å². The zero-order valence-electron chi connectivity index (χ0n) is 11.1. The molecule has 3 rings (SSSR count). The quantitative estimate of drug-likeness (QED) is 0.639. The predicted molar refractivity (Wildman–Crippen MR) is 78.5 cm³/mol. The van der Waals surface area contributed by atoms with Crippen LogP contribution in [0.25, 0.3) is 5.69 Å². The fourth-order valence-electron chi connectivity index (χ4n) is 1.99. The summed E-state index contributed by atoms with van der Waals surface area (Å²) in [5.74, 6) is -0.208. The molecule has 0 atom stereocenters. The second-order valence-corrected chi connectivity index (χ2v) is 4.53. The number of hydrogen-bond donors (Lipinski definition) is 3. The minimum absolute atomic E-state index is 0.0933. The average molecular weight is 282 g/mol. The lowest BCUT2D eigenvalue weighted by molar-refractivity contribution is 0.400. The van der Waals surface area contributed by atoms with E-state index in [0.717, 1.165) is 11.4 Å². The van der Waals surface area contributed by atoms with Gasteiger partial charge in [0.1, 0.15) is 12.7 Å². The van der Waals surface area contributed by atoms with Gasteiger partial charge >= 0.3 is 0 Å². The normalized spacial score (nSPS) is 10.5. The van der Waals surface area contributed by atoms with Gasteiger partial charge in [-0.1, -0.05) is 12.1 Å². The molecular weight excluding hydrogens is 268 g/mol. The largest absolute Gasteiger partial charge is 0.504 e. The highest BCUT2D eigenvalue weighted by molar-refractivity contribution is 5.51. The summed E-state index contributed by atoms with van der Waals surface area (Å²) in [7, 11) is 0. The highest BCUT2D eigenvalue weighted by atomic mass is 16.3. The van der Waals surface area contributed by atoms with Crippen LogP contribution >= 0.6 is 0 Å². The highest BCUT2D eigenvalue weighted by Crippen LogP contribution is 2.28. The Hall–Kier alpha value is -3.02. The minimum Gasteiger partial charge on any atom is -0.504 e. The van der Waals surface area contributed by atoms with Crippen molar-refractivity contribution in [3.63, 3.8) is 0 Å². The number of nitrogens with zero attached hydrogens (tertiary/aromatic N) is 3. The maximum Gasteiger partial charge on any atom is 0.162 e. The van der Waals surface area contributed by atoms with Gasteiger partial charge in [0.25, 0.3) is 0 Å². The number of anilines is 1. The molecule has 21 heavy (non-hydrogen) atoms.